The number of rotatable bonds is 17. The number of methoxy groups -OCH3 is 1. The molecule has 0 aliphatic heterocycles. The number of aliphatic hydroxyl groups excluding tert-OH is 1. The largest absolute Gasteiger partial charge is 0.467 e. The Balaban J connectivity index is 2.07. The predicted molar refractivity (Wildman–Crippen MR) is 177 cm³/mol. The fourth-order valence-corrected chi connectivity index (χ4v) is 4.80. The number of aliphatic hydroxyl groups is 1. The fraction of sp³-hybridized carbons (Fsp3) is 0.514. The molecule has 0 heterocycles. The smallest absolute Gasteiger partial charge is 0.408 e. The van der Waals surface area contributed by atoms with Gasteiger partial charge in [-0.2, -0.15) is 0 Å². The van der Waals surface area contributed by atoms with Crippen LogP contribution in [0.4, 0.5) is 4.79 Å². The topological polar surface area (TPSA) is 172 Å². The average molecular weight is 655 g/mol. The monoisotopic (exact) mass is 654 g/mol. The molecule has 0 unspecified atom stereocenters. The van der Waals surface area contributed by atoms with E-state index in [4.69, 9.17) is 9.47 Å². The number of carbonyl (C=O) groups is 5. The Labute approximate surface area is 277 Å². The molecule has 12 nitrogen and oxygen atoms in total. The second-order valence-corrected chi connectivity index (χ2v) is 12.4. The molecular formula is C35H50N4O8. The van der Waals surface area contributed by atoms with Crippen molar-refractivity contribution in [3.8, 4) is 0 Å². The lowest BCUT2D eigenvalue weighted by atomic mass is 9.92. The van der Waals surface area contributed by atoms with Gasteiger partial charge in [0.15, 0.2) is 0 Å². The summed E-state index contributed by atoms with van der Waals surface area (Å²) in [6, 6.07) is 14.8. The van der Waals surface area contributed by atoms with Crippen molar-refractivity contribution in [1.82, 2.24) is 21.3 Å². The Kier molecular flexibility index (Phi) is 15.9. The Morgan fingerprint density at radius 3 is 1.74 bits per heavy atom. The van der Waals surface area contributed by atoms with Crippen LogP contribution in [-0.4, -0.2) is 72.3 Å². The van der Waals surface area contributed by atoms with E-state index in [1.807, 2.05) is 60.7 Å². The number of amides is 4. The predicted octanol–water partition coefficient (Wildman–Crippen LogP) is 2.87. The normalized spacial score (nSPS) is 14.9. The van der Waals surface area contributed by atoms with Gasteiger partial charge < -0.3 is 35.8 Å². The molecule has 5 N–H and O–H groups in total. The van der Waals surface area contributed by atoms with Crippen LogP contribution in [0.15, 0.2) is 60.7 Å². The molecule has 47 heavy (non-hydrogen) atoms. The second-order valence-electron chi connectivity index (χ2n) is 12.4. The number of hydrogen-bond donors (Lipinski definition) is 5. The third-order valence-electron chi connectivity index (χ3n) is 7.74. The summed E-state index contributed by atoms with van der Waals surface area (Å²) in [4.78, 5) is 64.0. The van der Waals surface area contributed by atoms with Crippen molar-refractivity contribution in [2.45, 2.75) is 91.3 Å². The lowest BCUT2D eigenvalue weighted by Crippen LogP contribution is -2.56. The van der Waals surface area contributed by atoms with Crippen molar-refractivity contribution < 1.29 is 38.6 Å². The molecule has 0 fully saturated rings. The van der Waals surface area contributed by atoms with Crippen LogP contribution in [0.1, 0.15) is 59.1 Å². The van der Waals surface area contributed by atoms with Gasteiger partial charge in [-0.05, 0) is 42.7 Å². The Bertz CT molecular complexity index is 1310. The SMILES string of the molecule is COC(=O)[C@@H](NC(=O)[C@@H](NC(=O)[C@H](C)C[C@H](O)[C@H](Cc1ccccc1)NC(=O)[C@H](C)NC(=O)OCc1ccccc1)C(C)C)C(C)C. The fourth-order valence-electron chi connectivity index (χ4n) is 4.80. The molecule has 0 saturated carbocycles. The zero-order valence-corrected chi connectivity index (χ0v) is 28.3. The molecule has 4 amide bonds. The van der Waals surface area contributed by atoms with E-state index in [0.29, 0.717) is 0 Å². The van der Waals surface area contributed by atoms with Crippen molar-refractivity contribution in [2.75, 3.05) is 7.11 Å². The number of ether oxygens (including phenoxy) is 2. The highest BCUT2D eigenvalue weighted by Gasteiger charge is 2.33. The van der Waals surface area contributed by atoms with Crippen LogP contribution in [0.25, 0.3) is 0 Å². The summed E-state index contributed by atoms with van der Waals surface area (Å²) in [6.07, 6.45) is -1.70. The minimum Gasteiger partial charge on any atom is -0.467 e. The second kappa shape index (κ2) is 19.3. The Hall–Kier alpha value is -4.45. The van der Waals surface area contributed by atoms with Crippen molar-refractivity contribution in [2.24, 2.45) is 17.8 Å². The van der Waals surface area contributed by atoms with Crippen LogP contribution < -0.4 is 21.3 Å². The van der Waals surface area contributed by atoms with Crippen molar-refractivity contribution >= 4 is 29.8 Å². The number of alkyl carbamates (subject to hydrolysis) is 1. The zero-order valence-electron chi connectivity index (χ0n) is 28.3. The van der Waals surface area contributed by atoms with Gasteiger partial charge in [-0.15, -0.1) is 0 Å². The van der Waals surface area contributed by atoms with Crippen LogP contribution >= 0.6 is 0 Å². The molecule has 0 radical (unpaired) electrons. The van der Waals surface area contributed by atoms with E-state index in [1.54, 1.807) is 34.6 Å². The molecule has 0 aromatic heterocycles. The van der Waals surface area contributed by atoms with E-state index >= 15 is 0 Å². The highest BCUT2D eigenvalue weighted by Crippen LogP contribution is 2.16. The summed E-state index contributed by atoms with van der Waals surface area (Å²) in [7, 11) is 1.24. The van der Waals surface area contributed by atoms with Gasteiger partial charge in [-0.3, -0.25) is 14.4 Å². The molecule has 0 saturated heterocycles. The highest BCUT2D eigenvalue weighted by atomic mass is 16.5. The number of nitrogens with one attached hydrogen (secondary N) is 4. The molecule has 258 valence electrons. The first-order valence-corrected chi connectivity index (χ1v) is 15.9. The van der Waals surface area contributed by atoms with E-state index in [2.05, 4.69) is 21.3 Å². The molecular weight excluding hydrogens is 604 g/mol. The molecule has 2 aromatic rings. The molecule has 0 spiro atoms. The quantitative estimate of drug-likeness (QED) is 0.162. The van der Waals surface area contributed by atoms with E-state index < -0.39 is 66.0 Å². The summed E-state index contributed by atoms with van der Waals surface area (Å²) < 4.78 is 10.0. The summed E-state index contributed by atoms with van der Waals surface area (Å²) >= 11 is 0. The van der Waals surface area contributed by atoms with Gasteiger partial charge in [-0.25, -0.2) is 9.59 Å². The number of esters is 1. The Morgan fingerprint density at radius 1 is 0.681 bits per heavy atom. The van der Waals surface area contributed by atoms with Gasteiger partial charge in [0.2, 0.25) is 17.7 Å². The minimum atomic E-state index is -1.16. The van der Waals surface area contributed by atoms with Gasteiger partial charge in [0.25, 0.3) is 0 Å². The Morgan fingerprint density at radius 2 is 1.21 bits per heavy atom. The molecule has 12 heteroatoms. The summed E-state index contributed by atoms with van der Waals surface area (Å²) in [6.45, 7) is 10.2. The van der Waals surface area contributed by atoms with Gasteiger partial charge in [0, 0.05) is 5.92 Å². The molecule has 0 aliphatic rings. The van der Waals surface area contributed by atoms with E-state index in [-0.39, 0.29) is 31.3 Å². The third-order valence-corrected chi connectivity index (χ3v) is 7.74. The summed E-state index contributed by atoms with van der Waals surface area (Å²) in [5.41, 5.74) is 1.64. The minimum absolute atomic E-state index is 0.0340. The van der Waals surface area contributed by atoms with E-state index in [9.17, 15) is 29.1 Å². The lowest BCUT2D eigenvalue weighted by Gasteiger charge is -2.29. The van der Waals surface area contributed by atoms with Gasteiger partial charge in [0.1, 0.15) is 24.7 Å². The highest BCUT2D eigenvalue weighted by molar-refractivity contribution is 5.91. The molecule has 2 aromatic carbocycles. The molecule has 2 rings (SSSR count). The molecule has 6 atom stereocenters. The van der Waals surface area contributed by atoms with Gasteiger partial charge in [0.05, 0.1) is 19.3 Å². The first-order chi connectivity index (χ1) is 22.2. The van der Waals surface area contributed by atoms with E-state index in [1.165, 1.54) is 14.0 Å². The van der Waals surface area contributed by atoms with Crippen LogP contribution in [0.3, 0.4) is 0 Å². The van der Waals surface area contributed by atoms with Crippen molar-refractivity contribution in [1.29, 1.82) is 0 Å². The van der Waals surface area contributed by atoms with Crippen molar-refractivity contribution in [3.05, 3.63) is 71.8 Å². The lowest BCUT2D eigenvalue weighted by molar-refractivity contribution is -0.147. The average Bonchev–Trinajstić information content (AvgIpc) is 3.04. The number of hydrogen-bond acceptors (Lipinski definition) is 8. The maximum atomic E-state index is 13.3. The summed E-state index contributed by atoms with van der Waals surface area (Å²) in [5, 5.41) is 22.0. The number of carbonyl (C=O) groups excluding carboxylic acids is 5. The number of benzene rings is 2. The third kappa shape index (κ3) is 13.1. The maximum absolute atomic E-state index is 13.3. The van der Waals surface area contributed by atoms with Crippen LogP contribution in [0, 0.1) is 17.8 Å². The van der Waals surface area contributed by atoms with Crippen LogP contribution in [0.2, 0.25) is 0 Å². The maximum Gasteiger partial charge on any atom is 0.408 e. The molecule has 0 aliphatic carbocycles. The first-order valence-electron chi connectivity index (χ1n) is 15.9. The van der Waals surface area contributed by atoms with Gasteiger partial charge >= 0.3 is 12.1 Å². The van der Waals surface area contributed by atoms with Crippen LogP contribution in [0.5, 0.6) is 0 Å². The molecule has 0 bridgehead atoms. The zero-order chi connectivity index (χ0) is 35.1. The first kappa shape index (κ1) is 38.7. The van der Waals surface area contributed by atoms with Crippen molar-refractivity contribution in [3.63, 3.8) is 0 Å². The standard InChI is InChI=1S/C35H50N4O8/c1-21(2)29(33(43)39-30(22(3)4)34(44)46-7)38-31(41)23(5)18-28(40)27(19-25-14-10-8-11-15-25)37-32(42)24(6)36-35(45)47-20-26-16-12-9-13-17-26/h8-17,21-24,27-30,40H,18-20H2,1-7H3,(H,36,45)(H,37,42)(H,38,41)(H,39,43)/t23-,24+,27+,28+,29+,30+/m1/s1. The van der Waals surface area contributed by atoms with Gasteiger partial charge in [-0.1, -0.05) is 95.3 Å². The van der Waals surface area contributed by atoms with E-state index in [0.717, 1.165) is 11.1 Å². The van der Waals surface area contributed by atoms with Crippen LogP contribution in [-0.2, 0) is 41.7 Å². The summed E-state index contributed by atoms with van der Waals surface area (Å²) in [5.74, 6) is -3.42.